The molecule has 2 rings (SSSR count). The molecule has 20 heavy (non-hydrogen) atoms. The predicted octanol–water partition coefficient (Wildman–Crippen LogP) is 0.597. The Hall–Kier alpha value is -1.47. The number of halogens is 1. The van der Waals surface area contributed by atoms with Gasteiger partial charge in [-0.15, -0.1) is 0 Å². The Morgan fingerprint density at radius 2 is 1.95 bits per heavy atom. The zero-order valence-electron chi connectivity index (χ0n) is 11.2. The summed E-state index contributed by atoms with van der Waals surface area (Å²) in [5, 5.41) is -1.04. The van der Waals surface area contributed by atoms with Crippen molar-refractivity contribution in [2.45, 2.75) is 23.6 Å². The second-order valence-corrected chi connectivity index (χ2v) is 7.10. The summed E-state index contributed by atoms with van der Waals surface area (Å²) in [4.78, 5) is 11.9. The summed E-state index contributed by atoms with van der Waals surface area (Å²) in [5.41, 5.74) is 4.89. The smallest absolute Gasteiger partial charge is 0.328 e. The fourth-order valence-electron chi connectivity index (χ4n) is 2.60. The number of hydrogen-bond donors (Lipinski definition) is 1. The number of rotatable bonds is 4. The Morgan fingerprint density at radius 1 is 1.40 bits per heavy atom. The predicted molar refractivity (Wildman–Crippen MR) is 71.3 cm³/mol. The van der Waals surface area contributed by atoms with Crippen molar-refractivity contribution < 1.29 is 22.3 Å². The van der Waals surface area contributed by atoms with Crippen molar-refractivity contribution in [2.75, 3.05) is 12.9 Å². The van der Waals surface area contributed by atoms with Crippen molar-refractivity contribution in [3.05, 3.63) is 35.6 Å². The van der Waals surface area contributed by atoms with Gasteiger partial charge < -0.3 is 10.5 Å². The molecule has 0 saturated heterocycles. The van der Waals surface area contributed by atoms with Crippen LogP contribution in [0.15, 0.2) is 24.3 Å². The van der Waals surface area contributed by atoms with Crippen LogP contribution in [-0.2, 0) is 19.4 Å². The topological polar surface area (TPSA) is 86.5 Å². The Balaban J connectivity index is 2.41. The van der Waals surface area contributed by atoms with Crippen LogP contribution in [0.1, 0.15) is 18.4 Å². The molecule has 2 N–H and O–H groups in total. The molecule has 0 aliphatic heterocycles. The van der Waals surface area contributed by atoms with Crippen LogP contribution in [0, 0.1) is 5.82 Å². The van der Waals surface area contributed by atoms with Gasteiger partial charge in [0.25, 0.3) is 0 Å². The molecule has 0 spiro atoms. The first-order valence-electron chi connectivity index (χ1n) is 6.13. The fraction of sp³-hybridized carbons (Fsp3) is 0.462. The van der Waals surface area contributed by atoms with Gasteiger partial charge in [-0.3, -0.25) is 0 Å². The summed E-state index contributed by atoms with van der Waals surface area (Å²) in [6, 6.07) is 5.29. The van der Waals surface area contributed by atoms with Crippen LogP contribution in [0.3, 0.4) is 0 Å². The number of ether oxygens (including phenoxy) is 1. The zero-order valence-corrected chi connectivity index (χ0v) is 12.0. The minimum absolute atomic E-state index is 0.115. The molecular weight excluding hydrogens is 285 g/mol. The van der Waals surface area contributed by atoms with Crippen molar-refractivity contribution in [1.82, 2.24) is 0 Å². The lowest BCUT2D eigenvalue weighted by atomic mass is 10.1. The van der Waals surface area contributed by atoms with Gasteiger partial charge in [0.15, 0.2) is 9.84 Å². The molecule has 1 fully saturated rings. The molecule has 0 bridgehead atoms. The van der Waals surface area contributed by atoms with Crippen molar-refractivity contribution in [3.8, 4) is 0 Å². The second kappa shape index (κ2) is 4.82. The number of esters is 1. The molecular formula is C13H16FNO4S. The Kier molecular flexibility index (Phi) is 3.60. The van der Waals surface area contributed by atoms with E-state index in [2.05, 4.69) is 0 Å². The molecule has 7 heteroatoms. The van der Waals surface area contributed by atoms with Gasteiger partial charge in [-0.2, -0.15) is 0 Å². The number of carbonyl (C=O) groups is 1. The monoisotopic (exact) mass is 301 g/mol. The Bertz CT molecular complexity index is 628. The van der Waals surface area contributed by atoms with E-state index in [1.807, 2.05) is 0 Å². The number of hydrogen-bond acceptors (Lipinski definition) is 5. The largest absolute Gasteiger partial charge is 0.465 e. The molecule has 0 heterocycles. The molecule has 1 aliphatic rings. The van der Waals surface area contributed by atoms with Gasteiger partial charge in [-0.05, 0) is 24.6 Å². The Morgan fingerprint density at radius 3 is 2.40 bits per heavy atom. The van der Waals surface area contributed by atoms with Crippen molar-refractivity contribution in [2.24, 2.45) is 5.73 Å². The van der Waals surface area contributed by atoms with Crippen molar-refractivity contribution in [1.29, 1.82) is 0 Å². The summed E-state index contributed by atoms with van der Waals surface area (Å²) in [7, 11) is -3.53. The summed E-state index contributed by atoms with van der Waals surface area (Å²) < 4.78 is 41.4. The molecule has 5 nitrogen and oxygen atoms in total. The van der Waals surface area contributed by atoms with E-state index < -0.39 is 38.3 Å². The molecule has 110 valence electrons. The first-order chi connectivity index (χ1) is 9.22. The van der Waals surface area contributed by atoms with Gasteiger partial charge >= 0.3 is 5.97 Å². The van der Waals surface area contributed by atoms with E-state index in [-0.39, 0.29) is 6.61 Å². The summed E-state index contributed by atoms with van der Waals surface area (Å²) in [5.74, 6) is -1.90. The molecule has 1 aromatic rings. The van der Waals surface area contributed by atoms with Gasteiger partial charge in [-0.25, -0.2) is 17.6 Å². The number of sulfone groups is 1. The average Bonchev–Trinajstić information content (AvgIpc) is 2.99. The van der Waals surface area contributed by atoms with Crippen molar-refractivity contribution in [3.63, 3.8) is 0 Å². The molecule has 0 radical (unpaired) electrons. The van der Waals surface area contributed by atoms with E-state index in [0.29, 0.717) is 5.56 Å². The maximum Gasteiger partial charge on any atom is 0.328 e. The van der Waals surface area contributed by atoms with Gasteiger partial charge in [0.2, 0.25) is 0 Å². The Labute approximate surface area is 116 Å². The van der Waals surface area contributed by atoms with Crippen LogP contribution >= 0.6 is 0 Å². The zero-order chi connectivity index (χ0) is 15.1. The summed E-state index contributed by atoms with van der Waals surface area (Å²) >= 11 is 0. The maximum absolute atomic E-state index is 12.9. The standard InChI is InChI=1S/C13H16FNO4S/c1-3-19-12(16)13(15)10(11(13)20(2,17)18)8-4-6-9(14)7-5-8/h4-7,10-11H,3,15H2,1-2H3/t10-,11-,13-/m0/s1. The van der Waals surface area contributed by atoms with Crippen LogP contribution in [-0.4, -0.2) is 38.0 Å². The third-order valence-electron chi connectivity index (χ3n) is 3.50. The maximum atomic E-state index is 12.9. The van der Waals surface area contributed by atoms with Crippen LogP contribution in [0.2, 0.25) is 0 Å². The van der Waals surface area contributed by atoms with E-state index >= 15 is 0 Å². The number of benzene rings is 1. The van der Waals surface area contributed by atoms with E-state index in [1.54, 1.807) is 6.92 Å². The fourth-order valence-corrected chi connectivity index (χ4v) is 4.35. The van der Waals surface area contributed by atoms with E-state index in [1.165, 1.54) is 24.3 Å². The van der Waals surface area contributed by atoms with Crippen LogP contribution < -0.4 is 5.73 Å². The van der Waals surface area contributed by atoms with E-state index in [4.69, 9.17) is 10.5 Å². The molecule has 0 aromatic heterocycles. The quantitative estimate of drug-likeness (QED) is 0.823. The minimum Gasteiger partial charge on any atom is -0.465 e. The van der Waals surface area contributed by atoms with Gasteiger partial charge in [0, 0.05) is 12.2 Å². The first kappa shape index (κ1) is 14.9. The molecule has 0 unspecified atom stereocenters. The molecule has 3 atom stereocenters. The highest BCUT2D eigenvalue weighted by Gasteiger charge is 2.73. The normalized spacial score (nSPS) is 29.0. The van der Waals surface area contributed by atoms with Crippen LogP contribution in [0.25, 0.3) is 0 Å². The van der Waals surface area contributed by atoms with Crippen molar-refractivity contribution >= 4 is 15.8 Å². The number of carbonyl (C=O) groups excluding carboxylic acids is 1. The minimum atomic E-state index is -3.53. The highest BCUT2D eigenvalue weighted by molar-refractivity contribution is 7.91. The van der Waals surface area contributed by atoms with E-state index in [0.717, 1.165) is 6.26 Å². The summed E-state index contributed by atoms with van der Waals surface area (Å²) in [6.07, 6.45) is 1.03. The van der Waals surface area contributed by atoms with Gasteiger partial charge in [0.1, 0.15) is 11.4 Å². The van der Waals surface area contributed by atoms with Gasteiger partial charge in [0.05, 0.1) is 11.9 Å². The highest BCUT2D eigenvalue weighted by atomic mass is 32.2. The third-order valence-corrected chi connectivity index (χ3v) is 5.08. The lowest BCUT2D eigenvalue weighted by molar-refractivity contribution is -0.145. The molecule has 1 aromatic carbocycles. The molecule has 1 saturated carbocycles. The highest BCUT2D eigenvalue weighted by Crippen LogP contribution is 2.54. The van der Waals surface area contributed by atoms with Crippen LogP contribution in [0.5, 0.6) is 0 Å². The molecule has 0 amide bonds. The molecule has 1 aliphatic carbocycles. The number of nitrogens with two attached hydrogens (primary N) is 1. The second-order valence-electron chi connectivity index (χ2n) is 4.93. The lowest BCUT2D eigenvalue weighted by Gasteiger charge is -2.10. The average molecular weight is 301 g/mol. The summed E-state index contributed by atoms with van der Waals surface area (Å²) in [6.45, 7) is 1.73. The third kappa shape index (κ3) is 2.31. The SMILES string of the molecule is CCOC(=O)[C@]1(N)[C@@H](c2ccc(F)cc2)[C@@H]1S(C)(=O)=O. The lowest BCUT2D eigenvalue weighted by Crippen LogP contribution is -2.41. The van der Waals surface area contributed by atoms with Gasteiger partial charge in [-0.1, -0.05) is 12.1 Å². The first-order valence-corrected chi connectivity index (χ1v) is 8.08. The van der Waals surface area contributed by atoms with E-state index in [9.17, 15) is 17.6 Å². The van der Waals surface area contributed by atoms with Crippen LogP contribution in [0.4, 0.5) is 4.39 Å².